The van der Waals surface area contributed by atoms with Crippen molar-refractivity contribution in [1.29, 1.82) is 0 Å². The maximum absolute atomic E-state index is 11.3. The van der Waals surface area contributed by atoms with Crippen LogP contribution >= 0.6 is 0 Å². The smallest absolute Gasteiger partial charge is 0.349 e. The van der Waals surface area contributed by atoms with Crippen LogP contribution in [-0.2, 0) is 14.3 Å². The first-order valence-electron chi connectivity index (χ1n) is 5.85. The number of carbonyl (C=O) groups is 2. The van der Waals surface area contributed by atoms with Crippen LogP contribution in [-0.4, -0.2) is 18.5 Å². The van der Waals surface area contributed by atoms with Gasteiger partial charge in [0.25, 0.3) is 0 Å². The normalized spacial score (nSPS) is 9.50. The van der Waals surface area contributed by atoms with E-state index in [1.54, 1.807) is 38.1 Å². The molecule has 1 aromatic carbocycles. The molecule has 0 atom stereocenters. The Morgan fingerprint density at radius 2 is 1.60 bits per heavy atom. The Hall–Kier alpha value is -2.56. The quantitative estimate of drug-likeness (QED) is 0.346. The number of hydrogen-bond acceptors (Lipinski definition) is 5. The largest absolute Gasteiger partial charge is 0.482 e. The number of benzene rings is 1. The number of esters is 2. The lowest BCUT2D eigenvalue weighted by Gasteiger charge is -2.07. The molecule has 0 aliphatic rings. The summed E-state index contributed by atoms with van der Waals surface area (Å²) < 4.78 is 15.0. The van der Waals surface area contributed by atoms with Gasteiger partial charge in [-0.3, -0.25) is 0 Å². The highest BCUT2D eigenvalue weighted by molar-refractivity contribution is 5.88. The Morgan fingerprint density at radius 3 is 2.10 bits per heavy atom. The Kier molecular flexibility index (Phi) is 5.53. The molecule has 0 radical (unpaired) electrons. The summed E-state index contributed by atoms with van der Waals surface area (Å²) in [7, 11) is 0. The molecule has 20 heavy (non-hydrogen) atoms. The highest BCUT2D eigenvalue weighted by atomic mass is 16.6. The highest BCUT2D eigenvalue weighted by Gasteiger charge is 2.07. The monoisotopic (exact) mass is 276 g/mol. The minimum Gasteiger partial charge on any atom is -0.482 e. The van der Waals surface area contributed by atoms with Crippen molar-refractivity contribution in [2.24, 2.45) is 0 Å². The fourth-order valence-corrected chi connectivity index (χ4v) is 1.16. The van der Waals surface area contributed by atoms with Crippen LogP contribution < -0.4 is 9.47 Å². The molecule has 5 heteroatoms. The summed E-state index contributed by atoms with van der Waals surface area (Å²) in [6, 6.07) is 6.27. The first-order chi connectivity index (χ1) is 9.38. The number of hydrogen-bond donors (Lipinski definition) is 0. The van der Waals surface area contributed by atoms with Gasteiger partial charge in [0, 0.05) is 5.57 Å². The van der Waals surface area contributed by atoms with Gasteiger partial charge in [0.05, 0.1) is 5.76 Å². The Morgan fingerprint density at radius 1 is 1.05 bits per heavy atom. The maximum atomic E-state index is 11.3. The lowest BCUT2D eigenvalue weighted by Crippen LogP contribution is -2.13. The van der Waals surface area contributed by atoms with E-state index in [-0.39, 0.29) is 6.61 Å². The van der Waals surface area contributed by atoms with Gasteiger partial charge in [-0.05, 0) is 38.1 Å². The van der Waals surface area contributed by atoms with Gasteiger partial charge in [0.2, 0.25) is 0 Å². The van der Waals surface area contributed by atoms with E-state index in [0.29, 0.717) is 22.8 Å². The van der Waals surface area contributed by atoms with E-state index in [4.69, 9.17) is 14.2 Å². The van der Waals surface area contributed by atoms with E-state index >= 15 is 0 Å². The van der Waals surface area contributed by atoms with Gasteiger partial charge in [0.1, 0.15) is 11.5 Å². The number of rotatable bonds is 6. The zero-order chi connectivity index (χ0) is 15.1. The molecule has 0 saturated carbocycles. The summed E-state index contributed by atoms with van der Waals surface area (Å²) in [5, 5.41) is 0. The molecule has 106 valence electrons. The van der Waals surface area contributed by atoms with Crippen LogP contribution in [0, 0.1) is 0 Å². The van der Waals surface area contributed by atoms with Gasteiger partial charge in [0.15, 0.2) is 6.61 Å². The summed E-state index contributed by atoms with van der Waals surface area (Å²) in [6.07, 6.45) is 0. The number of carbonyl (C=O) groups excluding carboxylic acids is 2. The Balaban J connectivity index is 2.50. The molecule has 0 aromatic heterocycles. The predicted molar refractivity (Wildman–Crippen MR) is 73.3 cm³/mol. The maximum Gasteiger partial charge on any atom is 0.349 e. The molecule has 0 fully saturated rings. The third-order valence-electron chi connectivity index (χ3n) is 2.03. The zero-order valence-corrected chi connectivity index (χ0v) is 11.5. The predicted octanol–water partition coefficient (Wildman–Crippen LogP) is 2.62. The summed E-state index contributed by atoms with van der Waals surface area (Å²) >= 11 is 0. The van der Waals surface area contributed by atoms with E-state index < -0.39 is 11.9 Å². The van der Waals surface area contributed by atoms with E-state index in [1.165, 1.54) is 0 Å². The molecule has 1 aromatic rings. The van der Waals surface area contributed by atoms with Gasteiger partial charge >= 0.3 is 11.9 Å². The molecule has 0 bridgehead atoms. The van der Waals surface area contributed by atoms with Crippen molar-refractivity contribution >= 4 is 11.9 Å². The van der Waals surface area contributed by atoms with Crippen LogP contribution in [0.3, 0.4) is 0 Å². The standard InChI is InChI=1S/C15H16O5/c1-10(2)15(17)20-13-7-5-12(6-8-13)18-9-14(16)19-11(3)4/h5-8H,1,3,9H2,2,4H3. The summed E-state index contributed by atoms with van der Waals surface area (Å²) in [6.45, 7) is 9.84. The van der Waals surface area contributed by atoms with Crippen LogP contribution in [0.2, 0.25) is 0 Å². The molecule has 0 heterocycles. The van der Waals surface area contributed by atoms with Gasteiger partial charge < -0.3 is 14.2 Å². The van der Waals surface area contributed by atoms with Gasteiger partial charge in [-0.1, -0.05) is 13.2 Å². The Labute approximate surface area is 117 Å². The molecule has 0 aliphatic heterocycles. The van der Waals surface area contributed by atoms with Crippen LogP contribution in [0.25, 0.3) is 0 Å². The molecule has 0 unspecified atom stereocenters. The van der Waals surface area contributed by atoms with E-state index in [0.717, 1.165) is 0 Å². The second-order valence-electron chi connectivity index (χ2n) is 4.11. The average molecular weight is 276 g/mol. The van der Waals surface area contributed by atoms with E-state index in [9.17, 15) is 9.59 Å². The van der Waals surface area contributed by atoms with Crippen LogP contribution in [0.15, 0.2) is 48.8 Å². The molecule has 0 spiro atoms. The SMILES string of the molecule is C=C(C)OC(=O)COc1ccc(OC(=O)C(=C)C)cc1. The second kappa shape index (κ2) is 7.13. The van der Waals surface area contributed by atoms with Crippen LogP contribution in [0.1, 0.15) is 13.8 Å². The molecular formula is C15H16O5. The third-order valence-corrected chi connectivity index (χ3v) is 2.03. The first-order valence-corrected chi connectivity index (χ1v) is 5.85. The van der Waals surface area contributed by atoms with Crippen molar-refractivity contribution in [3.05, 3.63) is 48.8 Å². The van der Waals surface area contributed by atoms with Gasteiger partial charge in [-0.25, -0.2) is 9.59 Å². The van der Waals surface area contributed by atoms with E-state index in [2.05, 4.69) is 13.2 Å². The number of allylic oxidation sites excluding steroid dienone is 1. The minimum atomic E-state index is -0.532. The molecule has 1 rings (SSSR count). The van der Waals surface area contributed by atoms with Gasteiger partial charge in [-0.15, -0.1) is 0 Å². The lowest BCUT2D eigenvalue weighted by atomic mass is 10.3. The molecule has 0 N–H and O–H groups in total. The summed E-state index contributed by atoms with van der Waals surface area (Å²) in [5.74, 6) is 0.105. The zero-order valence-electron chi connectivity index (χ0n) is 11.5. The summed E-state index contributed by atoms with van der Waals surface area (Å²) in [5.41, 5.74) is 0.313. The molecule has 5 nitrogen and oxygen atoms in total. The highest BCUT2D eigenvalue weighted by Crippen LogP contribution is 2.18. The van der Waals surface area contributed by atoms with E-state index in [1.807, 2.05) is 0 Å². The average Bonchev–Trinajstić information content (AvgIpc) is 2.37. The number of ether oxygens (including phenoxy) is 3. The van der Waals surface area contributed by atoms with Crippen LogP contribution in [0.4, 0.5) is 0 Å². The molecule has 0 saturated heterocycles. The molecule has 0 aliphatic carbocycles. The fraction of sp³-hybridized carbons (Fsp3) is 0.200. The third kappa shape index (κ3) is 5.39. The van der Waals surface area contributed by atoms with Crippen molar-refractivity contribution in [2.45, 2.75) is 13.8 Å². The molecule has 0 amide bonds. The van der Waals surface area contributed by atoms with Gasteiger partial charge in [-0.2, -0.15) is 0 Å². The second-order valence-corrected chi connectivity index (χ2v) is 4.11. The Bertz CT molecular complexity index is 528. The van der Waals surface area contributed by atoms with Crippen molar-refractivity contribution in [1.82, 2.24) is 0 Å². The molecular weight excluding hydrogens is 260 g/mol. The van der Waals surface area contributed by atoms with Crippen LogP contribution in [0.5, 0.6) is 11.5 Å². The topological polar surface area (TPSA) is 61.8 Å². The van der Waals surface area contributed by atoms with Crippen molar-refractivity contribution in [3.63, 3.8) is 0 Å². The van der Waals surface area contributed by atoms with Crippen molar-refractivity contribution < 1.29 is 23.8 Å². The minimum absolute atomic E-state index is 0.224. The summed E-state index contributed by atoms with van der Waals surface area (Å²) in [4.78, 5) is 22.5. The first kappa shape index (κ1) is 15.5. The fourth-order valence-electron chi connectivity index (χ4n) is 1.16. The van der Waals surface area contributed by atoms with Crippen molar-refractivity contribution in [2.75, 3.05) is 6.61 Å². The lowest BCUT2D eigenvalue weighted by molar-refractivity contribution is -0.141. The van der Waals surface area contributed by atoms with Crippen molar-refractivity contribution in [3.8, 4) is 11.5 Å².